The van der Waals surface area contributed by atoms with Gasteiger partial charge in [0, 0.05) is 13.6 Å². The maximum absolute atomic E-state index is 5.46. The normalized spacial score (nSPS) is 10.4. The molecule has 1 aromatic heterocycles. The molecular formula is C11H14BrN5O. The number of anilines is 1. The van der Waals surface area contributed by atoms with Crippen molar-refractivity contribution < 1.29 is 4.74 Å². The van der Waals surface area contributed by atoms with E-state index in [1.165, 1.54) is 0 Å². The Morgan fingerprint density at radius 2 is 2.28 bits per heavy atom. The fraction of sp³-hybridized carbons (Fsp3) is 0.364. The predicted molar refractivity (Wildman–Crippen MR) is 71.4 cm³/mol. The minimum absolute atomic E-state index is 0.639. The van der Waals surface area contributed by atoms with Gasteiger partial charge in [0.1, 0.15) is 5.75 Å². The Labute approximate surface area is 113 Å². The number of ether oxygens (including phenoxy) is 1. The van der Waals surface area contributed by atoms with Crippen molar-refractivity contribution in [2.45, 2.75) is 13.5 Å². The van der Waals surface area contributed by atoms with Crippen LogP contribution in [0.4, 0.5) is 5.95 Å². The summed E-state index contributed by atoms with van der Waals surface area (Å²) >= 11 is 3.48. The van der Waals surface area contributed by atoms with Crippen molar-refractivity contribution >= 4 is 21.9 Å². The Morgan fingerprint density at radius 1 is 1.44 bits per heavy atom. The molecule has 2 rings (SSSR count). The second-order valence-electron chi connectivity index (χ2n) is 3.68. The van der Waals surface area contributed by atoms with Crippen molar-refractivity contribution in [3.8, 4) is 5.75 Å². The average molecular weight is 312 g/mol. The molecule has 0 amide bonds. The molecule has 0 saturated heterocycles. The minimum Gasteiger partial charge on any atom is -0.493 e. The van der Waals surface area contributed by atoms with Crippen LogP contribution in [0.15, 0.2) is 22.7 Å². The molecule has 0 bridgehead atoms. The van der Waals surface area contributed by atoms with Gasteiger partial charge in [-0.1, -0.05) is 11.2 Å². The maximum Gasteiger partial charge on any atom is 0.242 e. The van der Waals surface area contributed by atoms with Gasteiger partial charge in [-0.05, 0) is 51.0 Å². The molecule has 96 valence electrons. The quantitative estimate of drug-likeness (QED) is 0.914. The number of benzene rings is 1. The number of aryl methyl sites for hydroxylation is 1. The van der Waals surface area contributed by atoms with E-state index in [9.17, 15) is 0 Å². The summed E-state index contributed by atoms with van der Waals surface area (Å²) in [5.41, 5.74) is 1.12. The summed E-state index contributed by atoms with van der Waals surface area (Å²) in [4.78, 5) is 0. The van der Waals surface area contributed by atoms with Crippen LogP contribution in [0.2, 0.25) is 0 Å². The highest BCUT2D eigenvalue weighted by Gasteiger charge is 2.04. The maximum atomic E-state index is 5.46. The van der Waals surface area contributed by atoms with Crippen molar-refractivity contribution in [1.82, 2.24) is 20.2 Å². The summed E-state index contributed by atoms with van der Waals surface area (Å²) in [5, 5.41) is 14.3. The molecule has 0 atom stereocenters. The van der Waals surface area contributed by atoms with Crippen LogP contribution < -0.4 is 10.1 Å². The van der Waals surface area contributed by atoms with E-state index >= 15 is 0 Å². The molecule has 0 fully saturated rings. The number of hydrogen-bond acceptors (Lipinski definition) is 5. The van der Waals surface area contributed by atoms with E-state index in [0.29, 0.717) is 19.1 Å². The van der Waals surface area contributed by atoms with Gasteiger partial charge in [-0.2, -0.15) is 0 Å². The number of halogens is 1. The fourth-order valence-corrected chi connectivity index (χ4v) is 2.03. The highest BCUT2D eigenvalue weighted by Crippen LogP contribution is 2.26. The Morgan fingerprint density at radius 3 is 2.89 bits per heavy atom. The van der Waals surface area contributed by atoms with Gasteiger partial charge in [0.05, 0.1) is 11.1 Å². The fourth-order valence-electron chi connectivity index (χ4n) is 1.49. The molecule has 2 aromatic rings. The van der Waals surface area contributed by atoms with Crippen molar-refractivity contribution in [1.29, 1.82) is 0 Å². The van der Waals surface area contributed by atoms with E-state index in [4.69, 9.17) is 4.74 Å². The smallest absolute Gasteiger partial charge is 0.242 e. The molecular weight excluding hydrogens is 298 g/mol. The average Bonchev–Trinajstić information content (AvgIpc) is 2.76. The van der Waals surface area contributed by atoms with Crippen molar-refractivity contribution in [3.05, 3.63) is 28.2 Å². The summed E-state index contributed by atoms with van der Waals surface area (Å²) in [6.45, 7) is 3.27. The molecule has 0 saturated carbocycles. The lowest BCUT2D eigenvalue weighted by atomic mass is 10.2. The van der Waals surface area contributed by atoms with E-state index in [1.807, 2.05) is 25.1 Å². The molecule has 1 N–H and O–H groups in total. The van der Waals surface area contributed by atoms with Gasteiger partial charge >= 0.3 is 0 Å². The first-order valence-electron chi connectivity index (χ1n) is 5.58. The first-order chi connectivity index (χ1) is 8.70. The largest absolute Gasteiger partial charge is 0.493 e. The van der Waals surface area contributed by atoms with Gasteiger partial charge in [0.2, 0.25) is 5.95 Å². The molecule has 0 unspecified atom stereocenters. The second kappa shape index (κ2) is 5.81. The number of aromatic nitrogens is 4. The first kappa shape index (κ1) is 12.8. The lowest BCUT2D eigenvalue weighted by Gasteiger charge is -2.08. The second-order valence-corrected chi connectivity index (χ2v) is 4.53. The third-order valence-corrected chi connectivity index (χ3v) is 2.99. The van der Waals surface area contributed by atoms with Crippen molar-refractivity contribution in [2.24, 2.45) is 7.05 Å². The van der Waals surface area contributed by atoms with E-state index < -0.39 is 0 Å². The third kappa shape index (κ3) is 2.98. The Kier molecular flexibility index (Phi) is 4.14. The number of nitrogens with one attached hydrogen (secondary N) is 1. The van der Waals surface area contributed by atoms with E-state index in [0.717, 1.165) is 15.8 Å². The number of hydrogen-bond donors (Lipinski definition) is 1. The van der Waals surface area contributed by atoms with Crippen LogP contribution >= 0.6 is 15.9 Å². The van der Waals surface area contributed by atoms with Crippen LogP contribution in [0.5, 0.6) is 5.75 Å². The molecule has 18 heavy (non-hydrogen) atoms. The summed E-state index contributed by atoms with van der Waals surface area (Å²) in [6, 6.07) is 5.97. The molecule has 0 aliphatic carbocycles. The Hall–Kier alpha value is -1.63. The summed E-state index contributed by atoms with van der Waals surface area (Å²) in [6.07, 6.45) is 0. The predicted octanol–water partition coefficient (Wildman–Crippen LogP) is 1.98. The Bertz CT molecular complexity index is 528. The first-order valence-corrected chi connectivity index (χ1v) is 6.37. The number of tetrazole rings is 1. The zero-order valence-electron chi connectivity index (χ0n) is 10.2. The van der Waals surface area contributed by atoms with Gasteiger partial charge in [-0.25, -0.2) is 4.68 Å². The highest BCUT2D eigenvalue weighted by molar-refractivity contribution is 9.10. The highest BCUT2D eigenvalue weighted by atomic mass is 79.9. The summed E-state index contributed by atoms with van der Waals surface area (Å²) < 4.78 is 7.99. The monoisotopic (exact) mass is 311 g/mol. The van der Waals surface area contributed by atoms with E-state index in [-0.39, 0.29) is 0 Å². The molecule has 0 aliphatic heterocycles. The number of rotatable bonds is 5. The lowest BCUT2D eigenvalue weighted by Crippen LogP contribution is -2.05. The molecule has 7 heteroatoms. The lowest BCUT2D eigenvalue weighted by molar-refractivity contribution is 0.338. The zero-order valence-corrected chi connectivity index (χ0v) is 11.8. The van der Waals surface area contributed by atoms with Crippen molar-refractivity contribution in [3.63, 3.8) is 0 Å². The number of nitrogens with zero attached hydrogens (tertiary/aromatic N) is 4. The summed E-state index contributed by atoms with van der Waals surface area (Å²) in [7, 11) is 1.79. The molecule has 1 aromatic carbocycles. The summed E-state index contributed by atoms with van der Waals surface area (Å²) in [5.74, 6) is 1.49. The van der Waals surface area contributed by atoms with E-state index in [1.54, 1.807) is 11.7 Å². The molecule has 0 spiro atoms. The van der Waals surface area contributed by atoms with Crippen molar-refractivity contribution in [2.75, 3.05) is 11.9 Å². The molecule has 0 radical (unpaired) electrons. The molecule has 1 heterocycles. The Balaban J connectivity index is 2.02. The zero-order chi connectivity index (χ0) is 13.0. The van der Waals surface area contributed by atoms with Gasteiger partial charge in [0.15, 0.2) is 0 Å². The third-order valence-electron chi connectivity index (χ3n) is 2.37. The molecule has 6 nitrogen and oxygen atoms in total. The van der Waals surface area contributed by atoms with Crippen LogP contribution in [0.1, 0.15) is 12.5 Å². The SMILES string of the molecule is CCOc1ccc(CNc2nnnn2C)cc1Br. The van der Waals surface area contributed by atoms with Crippen LogP contribution in [-0.4, -0.2) is 26.8 Å². The standard InChI is InChI=1S/C11H14BrN5O/c1-3-18-10-5-4-8(6-9(10)12)7-13-11-14-15-16-17(11)2/h4-6H,3,7H2,1-2H3,(H,13,14,16). The topological polar surface area (TPSA) is 64.9 Å². The van der Waals surface area contributed by atoms with Crippen LogP contribution in [0.25, 0.3) is 0 Å². The van der Waals surface area contributed by atoms with Gasteiger partial charge in [0.25, 0.3) is 0 Å². The van der Waals surface area contributed by atoms with Gasteiger partial charge in [-0.3, -0.25) is 0 Å². The minimum atomic E-state index is 0.639. The van der Waals surface area contributed by atoms with Crippen LogP contribution in [-0.2, 0) is 13.6 Å². The van der Waals surface area contributed by atoms with Gasteiger partial charge < -0.3 is 10.1 Å². The van der Waals surface area contributed by atoms with Crippen LogP contribution in [0, 0.1) is 0 Å². The molecule has 0 aliphatic rings. The van der Waals surface area contributed by atoms with Crippen LogP contribution in [0.3, 0.4) is 0 Å². The van der Waals surface area contributed by atoms with Gasteiger partial charge in [-0.15, -0.1) is 0 Å². The van der Waals surface area contributed by atoms with E-state index in [2.05, 4.69) is 36.8 Å².